The van der Waals surface area contributed by atoms with Crippen LogP contribution >= 0.6 is 0 Å². The van der Waals surface area contributed by atoms with Crippen molar-refractivity contribution in [2.24, 2.45) is 0 Å². The molecule has 4 heteroatoms. The highest BCUT2D eigenvalue weighted by molar-refractivity contribution is 5.29. The molecule has 0 saturated carbocycles. The van der Waals surface area contributed by atoms with Crippen LogP contribution in [0.5, 0.6) is 0 Å². The second-order valence-electron chi connectivity index (χ2n) is 4.36. The molecule has 1 atom stereocenters. The third-order valence-electron chi connectivity index (χ3n) is 3.07. The Hall–Kier alpha value is -1.03. The number of rotatable bonds is 6. The van der Waals surface area contributed by atoms with Gasteiger partial charge in [-0.1, -0.05) is 32.0 Å². The smallest absolute Gasteiger partial charge is 0.314 e. The molecule has 1 aromatic carbocycles. The van der Waals surface area contributed by atoms with Gasteiger partial charge in [0.2, 0.25) is 0 Å². The number of alkyl halides is 3. The summed E-state index contributed by atoms with van der Waals surface area (Å²) >= 11 is 0. The van der Waals surface area contributed by atoms with Crippen LogP contribution in [0.3, 0.4) is 0 Å². The Balaban J connectivity index is 2.73. The Morgan fingerprint density at radius 1 is 1.17 bits per heavy atom. The van der Waals surface area contributed by atoms with Crippen LogP contribution in [0.25, 0.3) is 0 Å². The molecule has 0 spiro atoms. The van der Waals surface area contributed by atoms with Crippen LogP contribution in [-0.2, 0) is 12.6 Å². The Bertz CT molecular complexity index is 360. The molecule has 0 aliphatic heterocycles. The summed E-state index contributed by atoms with van der Waals surface area (Å²) in [7, 11) is 0. The molecule has 1 N–H and O–H groups in total. The largest absolute Gasteiger partial charge is 0.416 e. The molecular weight excluding hydrogens is 239 g/mol. The van der Waals surface area contributed by atoms with Crippen LogP contribution in [0.2, 0.25) is 0 Å². The minimum absolute atomic E-state index is 0.288. The predicted octanol–water partition coefficient (Wildman–Crippen LogP) is 4.03. The van der Waals surface area contributed by atoms with Crippen molar-refractivity contribution in [3.05, 3.63) is 35.4 Å². The van der Waals surface area contributed by atoms with Gasteiger partial charge in [0, 0.05) is 6.04 Å². The van der Waals surface area contributed by atoms with Gasteiger partial charge in [-0.3, -0.25) is 0 Å². The number of benzene rings is 1. The van der Waals surface area contributed by atoms with Gasteiger partial charge in [0.05, 0.1) is 5.56 Å². The van der Waals surface area contributed by atoms with Crippen LogP contribution in [0.1, 0.15) is 37.8 Å². The van der Waals surface area contributed by atoms with Gasteiger partial charge in [0.25, 0.3) is 0 Å². The predicted molar refractivity (Wildman–Crippen MR) is 67.5 cm³/mol. The van der Waals surface area contributed by atoms with Crippen LogP contribution in [0.4, 0.5) is 13.2 Å². The molecule has 0 amide bonds. The molecule has 102 valence electrons. The van der Waals surface area contributed by atoms with E-state index in [1.807, 2.05) is 13.8 Å². The maximum absolute atomic E-state index is 12.8. The molecule has 0 saturated heterocycles. The van der Waals surface area contributed by atoms with E-state index < -0.39 is 11.7 Å². The van der Waals surface area contributed by atoms with Gasteiger partial charge in [-0.15, -0.1) is 0 Å². The lowest BCUT2D eigenvalue weighted by atomic mass is 9.99. The average Bonchev–Trinajstić information content (AvgIpc) is 2.33. The third kappa shape index (κ3) is 4.33. The minimum Gasteiger partial charge on any atom is -0.314 e. The molecule has 1 nitrogen and oxygen atoms in total. The average molecular weight is 259 g/mol. The van der Waals surface area contributed by atoms with Crippen molar-refractivity contribution in [3.63, 3.8) is 0 Å². The van der Waals surface area contributed by atoms with Gasteiger partial charge in [0.1, 0.15) is 0 Å². The first kappa shape index (κ1) is 15.0. The second-order valence-corrected chi connectivity index (χ2v) is 4.36. The Kier molecular flexibility index (Phi) is 5.66. The minimum atomic E-state index is -4.25. The van der Waals surface area contributed by atoms with Gasteiger partial charge in [-0.05, 0) is 37.4 Å². The molecule has 18 heavy (non-hydrogen) atoms. The van der Waals surface area contributed by atoms with Crippen molar-refractivity contribution in [2.75, 3.05) is 6.54 Å². The first-order valence-electron chi connectivity index (χ1n) is 6.37. The van der Waals surface area contributed by atoms with Crippen molar-refractivity contribution in [1.82, 2.24) is 5.32 Å². The Morgan fingerprint density at radius 3 is 2.39 bits per heavy atom. The summed E-state index contributed by atoms with van der Waals surface area (Å²) in [5, 5.41) is 3.28. The Labute approximate surface area is 106 Å². The maximum atomic E-state index is 12.8. The van der Waals surface area contributed by atoms with Gasteiger partial charge in [-0.2, -0.15) is 13.2 Å². The monoisotopic (exact) mass is 259 g/mol. The SMILES string of the molecule is CCNC(CC)CCc1ccccc1C(F)(F)F. The van der Waals surface area contributed by atoms with Gasteiger partial charge in [-0.25, -0.2) is 0 Å². The molecule has 0 heterocycles. The van der Waals surface area contributed by atoms with Gasteiger partial charge in [0.15, 0.2) is 0 Å². The zero-order valence-corrected chi connectivity index (χ0v) is 10.8. The van der Waals surface area contributed by atoms with E-state index in [0.29, 0.717) is 12.0 Å². The lowest BCUT2D eigenvalue weighted by Crippen LogP contribution is -2.28. The lowest BCUT2D eigenvalue weighted by molar-refractivity contribution is -0.138. The van der Waals surface area contributed by atoms with Crippen molar-refractivity contribution in [1.29, 1.82) is 0 Å². The normalized spacial score (nSPS) is 13.6. The fourth-order valence-electron chi connectivity index (χ4n) is 2.08. The molecule has 1 aromatic rings. The van der Waals surface area contributed by atoms with E-state index in [-0.39, 0.29) is 6.04 Å². The number of hydrogen-bond acceptors (Lipinski definition) is 1. The topological polar surface area (TPSA) is 12.0 Å². The molecule has 1 unspecified atom stereocenters. The molecule has 0 bridgehead atoms. The molecular formula is C14H20F3N. The second kappa shape index (κ2) is 6.78. The first-order chi connectivity index (χ1) is 8.49. The molecule has 0 aliphatic rings. The van der Waals surface area contributed by atoms with E-state index in [4.69, 9.17) is 0 Å². The quantitative estimate of drug-likeness (QED) is 0.813. The van der Waals surface area contributed by atoms with Crippen molar-refractivity contribution in [2.45, 2.75) is 45.3 Å². The molecule has 0 fully saturated rings. The molecule has 0 radical (unpaired) electrons. The van der Waals surface area contributed by atoms with Crippen molar-refractivity contribution >= 4 is 0 Å². The van der Waals surface area contributed by atoms with E-state index in [1.54, 1.807) is 12.1 Å². The first-order valence-corrected chi connectivity index (χ1v) is 6.37. The van der Waals surface area contributed by atoms with Gasteiger partial charge < -0.3 is 5.32 Å². The van der Waals surface area contributed by atoms with E-state index in [2.05, 4.69) is 5.32 Å². The highest BCUT2D eigenvalue weighted by Crippen LogP contribution is 2.32. The van der Waals surface area contributed by atoms with E-state index in [1.165, 1.54) is 6.07 Å². The maximum Gasteiger partial charge on any atom is 0.416 e. The van der Waals surface area contributed by atoms with Crippen LogP contribution < -0.4 is 5.32 Å². The Morgan fingerprint density at radius 2 is 1.83 bits per heavy atom. The summed E-state index contributed by atoms with van der Waals surface area (Å²) < 4.78 is 38.4. The summed E-state index contributed by atoms with van der Waals surface area (Å²) in [6, 6.07) is 6.12. The van der Waals surface area contributed by atoms with Gasteiger partial charge >= 0.3 is 6.18 Å². The summed E-state index contributed by atoms with van der Waals surface area (Å²) in [5.41, 5.74) is -0.113. The number of halogens is 3. The standard InChI is InChI=1S/C14H20F3N/c1-3-12(18-4-2)10-9-11-7-5-6-8-13(11)14(15,16)17/h5-8,12,18H,3-4,9-10H2,1-2H3. The summed E-state index contributed by atoms with van der Waals surface area (Å²) in [6.07, 6.45) is -2.13. The van der Waals surface area contributed by atoms with Crippen LogP contribution in [-0.4, -0.2) is 12.6 Å². The zero-order chi connectivity index (χ0) is 13.6. The molecule has 0 aromatic heterocycles. The fourth-order valence-corrected chi connectivity index (χ4v) is 2.08. The highest BCUT2D eigenvalue weighted by Gasteiger charge is 2.32. The van der Waals surface area contributed by atoms with Crippen LogP contribution in [0.15, 0.2) is 24.3 Å². The van der Waals surface area contributed by atoms with E-state index in [0.717, 1.165) is 25.5 Å². The summed E-state index contributed by atoms with van der Waals surface area (Å²) in [4.78, 5) is 0. The zero-order valence-electron chi connectivity index (χ0n) is 10.8. The third-order valence-corrected chi connectivity index (χ3v) is 3.07. The molecule has 1 rings (SSSR count). The number of hydrogen-bond donors (Lipinski definition) is 1. The van der Waals surface area contributed by atoms with E-state index >= 15 is 0 Å². The van der Waals surface area contributed by atoms with Crippen molar-refractivity contribution < 1.29 is 13.2 Å². The van der Waals surface area contributed by atoms with Crippen molar-refractivity contribution in [3.8, 4) is 0 Å². The lowest BCUT2D eigenvalue weighted by Gasteiger charge is -2.17. The van der Waals surface area contributed by atoms with Crippen LogP contribution in [0, 0.1) is 0 Å². The summed E-state index contributed by atoms with van der Waals surface area (Å²) in [6.45, 7) is 4.90. The highest BCUT2D eigenvalue weighted by atomic mass is 19.4. The number of aryl methyl sites for hydroxylation is 1. The molecule has 0 aliphatic carbocycles. The van der Waals surface area contributed by atoms with E-state index in [9.17, 15) is 13.2 Å². The fraction of sp³-hybridized carbons (Fsp3) is 0.571. The number of nitrogens with one attached hydrogen (secondary N) is 1. The summed E-state index contributed by atoms with van der Waals surface area (Å²) in [5.74, 6) is 0.